The SMILES string of the molecule is O=C(NC1CCC12CCCC2)c1nc(Nc2cc(F)nc(F)c2)cc2c1CC=C2. The second kappa shape index (κ2) is 6.90. The molecule has 5 nitrogen and oxygen atoms in total. The molecule has 2 saturated carbocycles. The predicted molar refractivity (Wildman–Crippen MR) is 106 cm³/mol. The lowest BCUT2D eigenvalue weighted by Gasteiger charge is -2.47. The summed E-state index contributed by atoms with van der Waals surface area (Å²) in [5.41, 5.74) is 2.63. The number of pyridine rings is 2. The number of halogens is 2. The van der Waals surface area contributed by atoms with Crippen molar-refractivity contribution in [2.75, 3.05) is 5.32 Å². The molecule has 0 aliphatic heterocycles. The Hall–Kier alpha value is -2.83. The molecule has 5 rings (SSSR count). The van der Waals surface area contributed by atoms with Gasteiger partial charge in [-0.25, -0.2) is 4.98 Å². The van der Waals surface area contributed by atoms with Crippen LogP contribution in [0.4, 0.5) is 20.3 Å². The molecule has 1 unspecified atom stereocenters. The number of aromatic nitrogens is 2. The van der Waals surface area contributed by atoms with Gasteiger partial charge in [0, 0.05) is 23.9 Å². The molecule has 0 aromatic carbocycles. The zero-order valence-electron chi connectivity index (χ0n) is 16.0. The fourth-order valence-corrected chi connectivity index (χ4v) is 5.02. The molecular weight excluding hydrogens is 374 g/mol. The lowest BCUT2D eigenvalue weighted by atomic mass is 9.63. The van der Waals surface area contributed by atoms with Crippen LogP contribution in [0.3, 0.4) is 0 Å². The Morgan fingerprint density at radius 1 is 1.07 bits per heavy atom. The van der Waals surface area contributed by atoms with E-state index in [1.807, 2.05) is 12.2 Å². The molecule has 0 saturated heterocycles. The third-order valence-corrected chi connectivity index (χ3v) is 6.60. The molecule has 3 aliphatic rings. The van der Waals surface area contributed by atoms with Crippen molar-refractivity contribution in [3.8, 4) is 0 Å². The van der Waals surface area contributed by atoms with Crippen LogP contribution in [0.5, 0.6) is 0 Å². The Labute approximate surface area is 167 Å². The Morgan fingerprint density at radius 3 is 2.52 bits per heavy atom. The fraction of sp³-hybridized carbons (Fsp3) is 0.409. The normalized spacial score (nSPS) is 21.1. The van der Waals surface area contributed by atoms with Gasteiger partial charge in [0.1, 0.15) is 11.5 Å². The third-order valence-electron chi connectivity index (χ3n) is 6.60. The topological polar surface area (TPSA) is 66.9 Å². The van der Waals surface area contributed by atoms with Crippen molar-refractivity contribution in [3.05, 3.63) is 53.0 Å². The van der Waals surface area contributed by atoms with E-state index in [0.29, 0.717) is 17.9 Å². The first kappa shape index (κ1) is 18.2. The van der Waals surface area contributed by atoms with Gasteiger partial charge < -0.3 is 10.6 Å². The molecular formula is C22H22F2N4O. The van der Waals surface area contributed by atoms with Crippen LogP contribution >= 0.6 is 0 Å². The van der Waals surface area contributed by atoms with E-state index in [2.05, 4.69) is 20.6 Å². The minimum Gasteiger partial charge on any atom is -0.347 e. The number of allylic oxidation sites excluding steroid dienone is 1. The summed E-state index contributed by atoms with van der Waals surface area (Å²) in [5, 5.41) is 6.11. The highest BCUT2D eigenvalue weighted by Gasteiger charge is 2.48. The van der Waals surface area contributed by atoms with E-state index in [0.717, 1.165) is 29.7 Å². The molecule has 7 heteroatoms. The van der Waals surface area contributed by atoms with E-state index in [4.69, 9.17) is 0 Å². The molecule has 29 heavy (non-hydrogen) atoms. The number of rotatable bonds is 4. The first-order valence-corrected chi connectivity index (χ1v) is 10.1. The first-order valence-electron chi connectivity index (χ1n) is 10.1. The van der Waals surface area contributed by atoms with Gasteiger partial charge in [-0.15, -0.1) is 0 Å². The van der Waals surface area contributed by atoms with E-state index in [1.165, 1.54) is 32.1 Å². The monoisotopic (exact) mass is 396 g/mol. The molecule has 2 N–H and O–H groups in total. The minimum absolute atomic E-state index is 0.170. The van der Waals surface area contributed by atoms with Crippen LogP contribution in [0, 0.1) is 17.3 Å². The Bertz CT molecular complexity index is 994. The molecule has 2 fully saturated rings. The molecule has 2 heterocycles. The van der Waals surface area contributed by atoms with Crippen LogP contribution in [-0.4, -0.2) is 21.9 Å². The Morgan fingerprint density at radius 2 is 1.83 bits per heavy atom. The quantitative estimate of drug-likeness (QED) is 0.746. The number of nitrogens with zero attached hydrogens (tertiary/aromatic N) is 2. The maximum absolute atomic E-state index is 13.4. The molecule has 0 bridgehead atoms. The average molecular weight is 396 g/mol. The van der Waals surface area contributed by atoms with Crippen LogP contribution in [0.25, 0.3) is 6.08 Å². The first-order chi connectivity index (χ1) is 14.0. The van der Waals surface area contributed by atoms with Gasteiger partial charge in [0.05, 0.1) is 0 Å². The summed E-state index contributed by atoms with van der Waals surface area (Å²) < 4.78 is 26.8. The zero-order chi connectivity index (χ0) is 20.0. The standard InChI is InChI=1S/C22H22F2N4O/c23-17-11-14(12-18(24)27-17)25-19-10-13-4-3-5-15(13)20(28-19)21(29)26-16-6-9-22(16)7-1-2-8-22/h3-4,10-12,16H,1-2,5-9H2,(H,26,29)(H,25,27,28). The number of carbonyl (C=O) groups is 1. The molecule has 3 aliphatic carbocycles. The van der Waals surface area contributed by atoms with Gasteiger partial charge in [0.15, 0.2) is 0 Å². The largest absolute Gasteiger partial charge is 0.347 e. The molecule has 1 spiro atoms. The summed E-state index contributed by atoms with van der Waals surface area (Å²) in [7, 11) is 0. The van der Waals surface area contributed by atoms with Gasteiger partial charge >= 0.3 is 0 Å². The molecule has 2 aromatic heterocycles. The summed E-state index contributed by atoms with van der Waals surface area (Å²) >= 11 is 0. The number of hydrogen-bond donors (Lipinski definition) is 2. The predicted octanol–water partition coefficient (Wildman–Crippen LogP) is 4.52. The zero-order valence-corrected chi connectivity index (χ0v) is 16.0. The van der Waals surface area contributed by atoms with Gasteiger partial charge in [-0.2, -0.15) is 13.8 Å². The number of nitrogens with one attached hydrogen (secondary N) is 2. The lowest BCUT2D eigenvalue weighted by Crippen LogP contribution is -2.54. The van der Waals surface area contributed by atoms with Crippen molar-refractivity contribution in [1.29, 1.82) is 0 Å². The summed E-state index contributed by atoms with van der Waals surface area (Å²) in [6.07, 6.45) is 11.6. The van der Waals surface area contributed by atoms with E-state index in [1.54, 1.807) is 6.07 Å². The summed E-state index contributed by atoms with van der Waals surface area (Å²) in [4.78, 5) is 20.7. The van der Waals surface area contributed by atoms with E-state index in [9.17, 15) is 13.6 Å². The highest BCUT2D eigenvalue weighted by atomic mass is 19.1. The summed E-state index contributed by atoms with van der Waals surface area (Å²) in [6, 6.07) is 4.18. The highest BCUT2D eigenvalue weighted by molar-refractivity contribution is 5.96. The number of amides is 1. The van der Waals surface area contributed by atoms with Crippen molar-refractivity contribution in [2.45, 2.75) is 51.0 Å². The third kappa shape index (κ3) is 3.28. The van der Waals surface area contributed by atoms with E-state index in [-0.39, 0.29) is 23.1 Å². The number of hydrogen-bond acceptors (Lipinski definition) is 4. The Balaban J connectivity index is 1.41. The second-order valence-electron chi connectivity index (χ2n) is 8.29. The summed E-state index contributed by atoms with van der Waals surface area (Å²) in [5.74, 6) is -1.64. The number of anilines is 2. The number of fused-ring (bicyclic) bond motifs is 1. The number of carbonyl (C=O) groups excluding carboxylic acids is 1. The van der Waals surface area contributed by atoms with Crippen LogP contribution in [-0.2, 0) is 6.42 Å². The molecule has 1 atom stereocenters. The van der Waals surface area contributed by atoms with Gasteiger partial charge in [-0.05, 0) is 54.7 Å². The van der Waals surface area contributed by atoms with Crippen LogP contribution in [0.2, 0.25) is 0 Å². The molecule has 0 radical (unpaired) electrons. The smallest absolute Gasteiger partial charge is 0.270 e. The van der Waals surface area contributed by atoms with Crippen LogP contribution in [0.15, 0.2) is 24.3 Å². The van der Waals surface area contributed by atoms with Crippen molar-refractivity contribution in [2.24, 2.45) is 5.41 Å². The molecule has 1 amide bonds. The maximum Gasteiger partial charge on any atom is 0.270 e. The van der Waals surface area contributed by atoms with E-state index >= 15 is 0 Å². The van der Waals surface area contributed by atoms with E-state index < -0.39 is 11.9 Å². The second-order valence-corrected chi connectivity index (χ2v) is 8.29. The van der Waals surface area contributed by atoms with Crippen LogP contribution < -0.4 is 10.6 Å². The van der Waals surface area contributed by atoms with Gasteiger partial charge in [-0.1, -0.05) is 25.0 Å². The molecule has 150 valence electrons. The van der Waals surface area contributed by atoms with Gasteiger partial charge in [0.25, 0.3) is 5.91 Å². The van der Waals surface area contributed by atoms with Crippen molar-refractivity contribution >= 4 is 23.5 Å². The maximum atomic E-state index is 13.4. The molecule has 2 aromatic rings. The van der Waals surface area contributed by atoms with Crippen molar-refractivity contribution in [3.63, 3.8) is 0 Å². The lowest BCUT2D eigenvalue weighted by molar-refractivity contribution is 0.0579. The van der Waals surface area contributed by atoms with Gasteiger partial charge in [0.2, 0.25) is 11.9 Å². The minimum atomic E-state index is -0.918. The average Bonchev–Trinajstić information content (AvgIpc) is 3.34. The van der Waals surface area contributed by atoms with Crippen LogP contribution in [0.1, 0.15) is 60.1 Å². The summed E-state index contributed by atoms with van der Waals surface area (Å²) in [6.45, 7) is 0. The Kier molecular flexibility index (Phi) is 4.33. The highest BCUT2D eigenvalue weighted by Crippen LogP contribution is 2.53. The van der Waals surface area contributed by atoms with Crippen molar-refractivity contribution in [1.82, 2.24) is 15.3 Å². The fourth-order valence-electron chi connectivity index (χ4n) is 5.02. The van der Waals surface area contributed by atoms with Gasteiger partial charge in [-0.3, -0.25) is 4.79 Å². The van der Waals surface area contributed by atoms with Crippen molar-refractivity contribution < 1.29 is 13.6 Å².